The number of Topliss-reactive ketones (excluding diaryl/α,β-unsaturated/α-hetero) is 1. The Morgan fingerprint density at radius 3 is 2.58 bits per heavy atom. The summed E-state index contributed by atoms with van der Waals surface area (Å²) in [5.41, 5.74) is 1.03. The Balaban J connectivity index is 2.53. The summed E-state index contributed by atoms with van der Waals surface area (Å²) in [6.07, 6.45) is 3.49. The number of ketones is 1. The van der Waals surface area contributed by atoms with Gasteiger partial charge in [-0.05, 0) is 19.4 Å². The summed E-state index contributed by atoms with van der Waals surface area (Å²) in [7, 11) is 0. The molecule has 4 heteroatoms. The number of thioether (sulfide) groups is 1. The van der Waals surface area contributed by atoms with E-state index in [1.165, 1.54) is 11.8 Å². The maximum Gasteiger partial charge on any atom is 0.187 e. The van der Waals surface area contributed by atoms with Gasteiger partial charge in [0.25, 0.3) is 0 Å². The third-order valence-electron chi connectivity index (χ3n) is 1.16. The molecule has 0 fully saturated rings. The topological polar surface area (TPSA) is 42.9 Å². The Morgan fingerprint density at radius 1 is 1.50 bits per heavy atom. The molecule has 0 spiro atoms. The van der Waals surface area contributed by atoms with Crippen molar-refractivity contribution in [3.63, 3.8) is 0 Å². The minimum Gasteiger partial charge on any atom is -0.299 e. The zero-order valence-corrected chi connectivity index (χ0v) is 7.89. The van der Waals surface area contributed by atoms with Crippen LogP contribution < -0.4 is 0 Å². The minimum absolute atomic E-state index is 0.143. The predicted octanol–water partition coefficient (Wildman–Crippen LogP) is 1.47. The van der Waals surface area contributed by atoms with E-state index in [2.05, 4.69) is 9.97 Å². The van der Waals surface area contributed by atoms with Crippen molar-refractivity contribution in [1.82, 2.24) is 9.97 Å². The summed E-state index contributed by atoms with van der Waals surface area (Å²) in [5, 5.41) is 0.663. The molecular formula is C8H10N2OS. The number of aryl methyl sites for hydroxylation is 1. The number of carbonyl (C=O) groups excluding carboxylic acids is 1. The molecule has 0 unspecified atom stereocenters. The van der Waals surface area contributed by atoms with E-state index in [0.717, 1.165) is 5.56 Å². The summed E-state index contributed by atoms with van der Waals surface area (Å²) in [5.74, 6) is 0.590. The Labute approximate surface area is 75.6 Å². The van der Waals surface area contributed by atoms with Gasteiger partial charge >= 0.3 is 0 Å². The van der Waals surface area contributed by atoms with E-state index in [1.54, 1.807) is 19.3 Å². The van der Waals surface area contributed by atoms with Crippen molar-refractivity contribution in [3.05, 3.63) is 18.0 Å². The molecule has 0 N–H and O–H groups in total. The van der Waals surface area contributed by atoms with Crippen molar-refractivity contribution in [2.75, 3.05) is 5.75 Å². The molecule has 64 valence electrons. The maximum atomic E-state index is 10.6. The first kappa shape index (κ1) is 9.19. The highest BCUT2D eigenvalue weighted by Gasteiger charge is 1.98. The molecular weight excluding hydrogens is 172 g/mol. The molecule has 12 heavy (non-hydrogen) atoms. The highest BCUT2D eigenvalue weighted by molar-refractivity contribution is 7.99. The van der Waals surface area contributed by atoms with Crippen LogP contribution in [0.25, 0.3) is 0 Å². The fraction of sp³-hybridized carbons (Fsp3) is 0.375. The fourth-order valence-electron chi connectivity index (χ4n) is 0.621. The van der Waals surface area contributed by atoms with Crippen LogP contribution in [0.1, 0.15) is 12.5 Å². The monoisotopic (exact) mass is 182 g/mol. The van der Waals surface area contributed by atoms with Crippen LogP contribution in [0.2, 0.25) is 0 Å². The zero-order valence-electron chi connectivity index (χ0n) is 7.07. The van der Waals surface area contributed by atoms with E-state index < -0.39 is 0 Å². The molecule has 0 radical (unpaired) electrons. The lowest BCUT2D eigenvalue weighted by Crippen LogP contribution is -1.95. The average molecular weight is 182 g/mol. The molecule has 0 amide bonds. The molecule has 0 aliphatic carbocycles. The van der Waals surface area contributed by atoms with Crippen molar-refractivity contribution in [3.8, 4) is 0 Å². The highest BCUT2D eigenvalue weighted by Crippen LogP contribution is 2.11. The average Bonchev–Trinajstić information content (AvgIpc) is 2.03. The number of nitrogens with zero attached hydrogens (tertiary/aromatic N) is 2. The largest absolute Gasteiger partial charge is 0.299 e. The third kappa shape index (κ3) is 3.00. The number of hydrogen-bond donors (Lipinski definition) is 0. The summed E-state index contributed by atoms with van der Waals surface area (Å²) in [6, 6.07) is 0. The van der Waals surface area contributed by atoms with Crippen molar-refractivity contribution in [2.24, 2.45) is 0 Å². The second kappa shape index (κ2) is 4.21. The van der Waals surface area contributed by atoms with Crippen LogP contribution in [0.5, 0.6) is 0 Å². The third-order valence-corrected chi connectivity index (χ3v) is 2.18. The Morgan fingerprint density at radius 2 is 2.08 bits per heavy atom. The molecule has 1 aromatic heterocycles. The van der Waals surface area contributed by atoms with Gasteiger partial charge < -0.3 is 0 Å². The molecule has 1 rings (SSSR count). The summed E-state index contributed by atoms with van der Waals surface area (Å²) < 4.78 is 0. The van der Waals surface area contributed by atoms with E-state index in [1.807, 2.05) is 6.92 Å². The lowest BCUT2D eigenvalue weighted by molar-refractivity contribution is -0.114. The molecule has 3 nitrogen and oxygen atoms in total. The first-order valence-electron chi connectivity index (χ1n) is 3.59. The zero-order chi connectivity index (χ0) is 8.97. The molecule has 0 atom stereocenters. The second-order valence-electron chi connectivity index (χ2n) is 2.53. The van der Waals surface area contributed by atoms with Crippen molar-refractivity contribution < 1.29 is 4.79 Å². The normalized spacial score (nSPS) is 9.83. The number of aromatic nitrogens is 2. The standard InChI is InChI=1S/C8H10N2OS/c1-6-3-9-8(10-4-6)12-5-7(2)11/h3-4H,5H2,1-2H3. The van der Waals surface area contributed by atoms with Gasteiger partial charge in [0.1, 0.15) is 5.78 Å². The van der Waals surface area contributed by atoms with Gasteiger partial charge in [-0.15, -0.1) is 0 Å². The second-order valence-corrected chi connectivity index (χ2v) is 3.48. The summed E-state index contributed by atoms with van der Waals surface area (Å²) in [4.78, 5) is 18.7. The van der Waals surface area contributed by atoms with Crippen LogP contribution in [0.3, 0.4) is 0 Å². The van der Waals surface area contributed by atoms with Crippen molar-refractivity contribution in [1.29, 1.82) is 0 Å². The molecule has 1 heterocycles. The van der Waals surface area contributed by atoms with Crippen molar-refractivity contribution >= 4 is 17.5 Å². The quantitative estimate of drug-likeness (QED) is 0.524. The smallest absolute Gasteiger partial charge is 0.187 e. The summed E-state index contributed by atoms with van der Waals surface area (Å²) in [6.45, 7) is 3.49. The van der Waals surface area contributed by atoms with Gasteiger partial charge in [0.05, 0.1) is 5.75 Å². The van der Waals surface area contributed by atoms with Gasteiger partial charge in [0.15, 0.2) is 5.16 Å². The highest BCUT2D eigenvalue weighted by atomic mass is 32.2. The number of rotatable bonds is 3. The SMILES string of the molecule is CC(=O)CSc1ncc(C)cn1. The van der Waals surface area contributed by atoms with Gasteiger partial charge in [0, 0.05) is 12.4 Å². The van der Waals surface area contributed by atoms with Crippen LogP contribution in [-0.2, 0) is 4.79 Å². The van der Waals surface area contributed by atoms with E-state index in [9.17, 15) is 4.79 Å². The number of carbonyl (C=O) groups is 1. The van der Waals surface area contributed by atoms with E-state index in [0.29, 0.717) is 10.9 Å². The Bertz CT molecular complexity index is 271. The van der Waals surface area contributed by atoms with Gasteiger partial charge in [-0.3, -0.25) is 4.79 Å². The van der Waals surface area contributed by atoms with Gasteiger partial charge in [-0.1, -0.05) is 11.8 Å². The van der Waals surface area contributed by atoms with E-state index >= 15 is 0 Å². The molecule has 0 bridgehead atoms. The van der Waals surface area contributed by atoms with Crippen LogP contribution in [0, 0.1) is 6.92 Å². The Kier molecular flexibility index (Phi) is 3.22. The molecule has 0 saturated heterocycles. The maximum absolute atomic E-state index is 10.6. The predicted molar refractivity (Wildman–Crippen MR) is 48.2 cm³/mol. The first-order chi connectivity index (χ1) is 5.68. The lowest BCUT2D eigenvalue weighted by Gasteiger charge is -1.96. The van der Waals surface area contributed by atoms with Crippen LogP contribution >= 0.6 is 11.8 Å². The van der Waals surface area contributed by atoms with Crippen LogP contribution in [0.15, 0.2) is 17.6 Å². The van der Waals surface area contributed by atoms with E-state index in [4.69, 9.17) is 0 Å². The Hall–Kier alpha value is -0.900. The molecule has 0 aliphatic heterocycles. The van der Waals surface area contributed by atoms with Crippen LogP contribution in [0.4, 0.5) is 0 Å². The lowest BCUT2D eigenvalue weighted by atomic mass is 10.4. The van der Waals surface area contributed by atoms with Gasteiger partial charge in [0.2, 0.25) is 0 Å². The number of hydrogen-bond acceptors (Lipinski definition) is 4. The van der Waals surface area contributed by atoms with Gasteiger partial charge in [-0.25, -0.2) is 9.97 Å². The first-order valence-corrected chi connectivity index (χ1v) is 4.58. The van der Waals surface area contributed by atoms with E-state index in [-0.39, 0.29) is 5.78 Å². The molecule has 0 saturated carbocycles. The minimum atomic E-state index is 0.143. The van der Waals surface area contributed by atoms with Crippen molar-refractivity contribution in [2.45, 2.75) is 19.0 Å². The van der Waals surface area contributed by atoms with Gasteiger partial charge in [-0.2, -0.15) is 0 Å². The summed E-state index contributed by atoms with van der Waals surface area (Å²) >= 11 is 1.37. The molecule has 0 aliphatic rings. The molecule has 0 aromatic carbocycles. The fourth-order valence-corrected chi connectivity index (χ4v) is 1.21. The van der Waals surface area contributed by atoms with Crippen LogP contribution in [-0.4, -0.2) is 21.5 Å². The molecule has 1 aromatic rings.